The molecule has 1 rings (SSSR count). The number of rotatable bonds is 4. The van der Waals surface area contributed by atoms with Crippen LogP contribution in [0, 0.1) is 0 Å². The molecule has 0 atom stereocenters. The summed E-state index contributed by atoms with van der Waals surface area (Å²) in [5.41, 5.74) is -1.17. The first-order valence-electron chi connectivity index (χ1n) is 5.04. The maximum Gasteiger partial charge on any atom is 0.460 e. The summed E-state index contributed by atoms with van der Waals surface area (Å²) in [6, 6.07) is 2.77. The number of benzene rings is 1. The van der Waals surface area contributed by atoms with Gasteiger partial charge in [-0.25, -0.2) is 5.11 Å². The zero-order valence-electron chi connectivity index (χ0n) is 9.28. The molecular formula is C11H8F7O. The van der Waals surface area contributed by atoms with Crippen LogP contribution < -0.4 is 0 Å². The van der Waals surface area contributed by atoms with Crippen molar-refractivity contribution < 1.29 is 35.8 Å². The van der Waals surface area contributed by atoms with Gasteiger partial charge in [-0.2, -0.15) is 30.7 Å². The Morgan fingerprint density at radius 1 is 0.842 bits per heavy atom. The minimum absolute atomic E-state index is 0.0263. The van der Waals surface area contributed by atoms with Gasteiger partial charge in [-0.1, -0.05) is 24.3 Å². The minimum Gasteiger partial charge on any atom is -0.236 e. The first kappa shape index (κ1) is 15.7. The zero-order valence-corrected chi connectivity index (χ0v) is 9.28. The Morgan fingerprint density at radius 2 is 1.32 bits per heavy atom. The third-order valence-electron chi connectivity index (χ3n) is 2.46. The number of hydrogen-bond acceptors (Lipinski definition) is 0. The summed E-state index contributed by atoms with van der Waals surface area (Å²) >= 11 is 0. The second kappa shape index (κ2) is 4.99. The number of hydrogen-bond donors (Lipinski definition) is 0. The molecule has 1 radical (unpaired) electrons. The Bertz CT molecular complexity index is 422. The van der Waals surface area contributed by atoms with Gasteiger partial charge >= 0.3 is 18.0 Å². The topological polar surface area (TPSA) is 19.9 Å². The molecule has 0 aliphatic heterocycles. The summed E-state index contributed by atoms with van der Waals surface area (Å²) in [6.07, 6.45) is -6.38. The summed E-state index contributed by atoms with van der Waals surface area (Å²) < 4.78 is 87.7. The Hall–Kier alpha value is -1.31. The maximum absolute atomic E-state index is 13.2. The van der Waals surface area contributed by atoms with Gasteiger partial charge in [0.05, 0.1) is 6.61 Å². The van der Waals surface area contributed by atoms with E-state index in [1.54, 1.807) is 0 Å². The quantitative estimate of drug-likeness (QED) is 0.748. The van der Waals surface area contributed by atoms with Crippen molar-refractivity contribution in [2.75, 3.05) is 6.61 Å². The van der Waals surface area contributed by atoms with E-state index in [4.69, 9.17) is 0 Å². The summed E-state index contributed by atoms with van der Waals surface area (Å²) in [5.74, 6) is -11.5. The highest BCUT2D eigenvalue weighted by molar-refractivity contribution is 5.28. The average Bonchev–Trinajstić information content (AvgIpc) is 2.28. The fraction of sp³-hybridized carbons (Fsp3) is 0.455. The van der Waals surface area contributed by atoms with Gasteiger partial charge in [0.1, 0.15) is 0 Å². The van der Waals surface area contributed by atoms with E-state index in [1.807, 2.05) is 0 Å². The standard InChI is InChI=1S/C11H8F7O/c12-9(13,10(14,15)11(16,17)18)8-3-1-7(2-4-8)5-6-19/h1-4H,5-6H2. The molecule has 1 aromatic rings. The van der Waals surface area contributed by atoms with Gasteiger partial charge in [0.2, 0.25) is 0 Å². The van der Waals surface area contributed by atoms with Crippen LogP contribution in [0.1, 0.15) is 11.1 Å². The van der Waals surface area contributed by atoms with Crippen molar-refractivity contribution in [3.05, 3.63) is 35.4 Å². The van der Waals surface area contributed by atoms with Crippen LogP contribution in [0.5, 0.6) is 0 Å². The van der Waals surface area contributed by atoms with Gasteiger partial charge in [-0.05, 0) is 12.0 Å². The van der Waals surface area contributed by atoms with Crippen LogP contribution in [0.3, 0.4) is 0 Å². The molecule has 0 unspecified atom stereocenters. The molecule has 0 saturated carbocycles. The second-order valence-electron chi connectivity index (χ2n) is 3.80. The van der Waals surface area contributed by atoms with Crippen LogP contribution in [0.4, 0.5) is 30.7 Å². The Balaban J connectivity index is 3.13. The van der Waals surface area contributed by atoms with Crippen LogP contribution in [-0.4, -0.2) is 18.7 Å². The smallest absolute Gasteiger partial charge is 0.236 e. The summed E-state index contributed by atoms with van der Waals surface area (Å²) in [4.78, 5) is 0. The lowest BCUT2D eigenvalue weighted by atomic mass is 10.00. The van der Waals surface area contributed by atoms with E-state index in [2.05, 4.69) is 0 Å². The lowest BCUT2D eigenvalue weighted by molar-refractivity contribution is -0.359. The van der Waals surface area contributed by atoms with Crippen molar-refractivity contribution in [3.63, 3.8) is 0 Å². The van der Waals surface area contributed by atoms with Gasteiger partial charge in [0.25, 0.3) is 0 Å². The van der Waals surface area contributed by atoms with E-state index in [0.29, 0.717) is 12.1 Å². The largest absolute Gasteiger partial charge is 0.460 e. The predicted octanol–water partition coefficient (Wildman–Crippen LogP) is 3.95. The van der Waals surface area contributed by atoms with Gasteiger partial charge in [-0.15, -0.1) is 0 Å². The summed E-state index contributed by atoms with van der Waals surface area (Å²) in [5, 5.41) is 10.3. The molecule has 0 aliphatic rings. The second-order valence-corrected chi connectivity index (χ2v) is 3.80. The van der Waals surface area contributed by atoms with Crippen molar-refractivity contribution in [1.82, 2.24) is 0 Å². The first-order chi connectivity index (χ1) is 8.54. The minimum atomic E-state index is -6.36. The maximum atomic E-state index is 13.2. The third kappa shape index (κ3) is 2.83. The van der Waals surface area contributed by atoms with Crippen molar-refractivity contribution >= 4 is 0 Å². The molecule has 0 heterocycles. The fourth-order valence-electron chi connectivity index (χ4n) is 1.36. The van der Waals surface area contributed by atoms with Crippen molar-refractivity contribution in [1.29, 1.82) is 0 Å². The van der Waals surface area contributed by atoms with E-state index in [1.165, 1.54) is 0 Å². The number of halogens is 7. The highest BCUT2D eigenvalue weighted by atomic mass is 19.4. The van der Waals surface area contributed by atoms with Crippen molar-refractivity contribution in [3.8, 4) is 0 Å². The SMILES string of the molecule is [O]CCc1ccc(C(F)(F)C(F)(F)C(F)(F)F)cc1. The van der Waals surface area contributed by atoms with Crippen LogP contribution in [0.15, 0.2) is 24.3 Å². The van der Waals surface area contributed by atoms with E-state index in [-0.39, 0.29) is 12.0 Å². The first-order valence-corrected chi connectivity index (χ1v) is 5.04. The molecule has 107 valence electrons. The molecule has 0 N–H and O–H groups in total. The molecule has 0 saturated heterocycles. The lowest BCUT2D eigenvalue weighted by Crippen LogP contribution is -2.50. The van der Waals surface area contributed by atoms with E-state index < -0.39 is 30.2 Å². The summed E-state index contributed by atoms with van der Waals surface area (Å²) in [7, 11) is 0. The molecule has 19 heavy (non-hydrogen) atoms. The normalized spacial score (nSPS) is 13.7. The van der Waals surface area contributed by atoms with E-state index in [9.17, 15) is 35.8 Å². The molecule has 1 nitrogen and oxygen atoms in total. The van der Waals surface area contributed by atoms with Crippen LogP contribution in [0.25, 0.3) is 0 Å². The highest BCUT2D eigenvalue weighted by Gasteiger charge is 2.73. The summed E-state index contributed by atoms with van der Waals surface area (Å²) in [6.45, 7) is -0.547. The Labute approximate surface area is 103 Å². The molecule has 0 aromatic heterocycles. The monoisotopic (exact) mass is 289 g/mol. The van der Waals surface area contributed by atoms with Gasteiger partial charge in [0.15, 0.2) is 0 Å². The molecule has 1 aromatic carbocycles. The van der Waals surface area contributed by atoms with Gasteiger partial charge in [-0.3, -0.25) is 0 Å². The fourth-order valence-corrected chi connectivity index (χ4v) is 1.36. The average molecular weight is 289 g/mol. The molecule has 0 amide bonds. The zero-order chi connectivity index (χ0) is 14.9. The van der Waals surface area contributed by atoms with Crippen LogP contribution in [0.2, 0.25) is 0 Å². The van der Waals surface area contributed by atoms with E-state index in [0.717, 1.165) is 12.1 Å². The van der Waals surface area contributed by atoms with Gasteiger partial charge in [0, 0.05) is 5.56 Å². The lowest BCUT2D eigenvalue weighted by Gasteiger charge is -2.28. The molecule has 0 spiro atoms. The van der Waals surface area contributed by atoms with Crippen LogP contribution in [-0.2, 0) is 17.4 Å². The van der Waals surface area contributed by atoms with Crippen LogP contribution >= 0.6 is 0 Å². The van der Waals surface area contributed by atoms with Crippen molar-refractivity contribution in [2.24, 2.45) is 0 Å². The molecule has 0 fully saturated rings. The molecule has 0 bridgehead atoms. The van der Waals surface area contributed by atoms with E-state index >= 15 is 0 Å². The Morgan fingerprint density at radius 3 is 1.68 bits per heavy atom. The predicted molar refractivity (Wildman–Crippen MR) is 50.6 cm³/mol. The molecule has 0 aliphatic carbocycles. The van der Waals surface area contributed by atoms with Gasteiger partial charge < -0.3 is 0 Å². The van der Waals surface area contributed by atoms with Crippen molar-refractivity contribution in [2.45, 2.75) is 24.4 Å². The molecule has 8 heteroatoms. The highest BCUT2D eigenvalue weighted by Crippen LogP contribution is 2.51. The third-order valence-corrected chi connectivity index (χ3v) is 2.46. The molecular weight excluding hydrogens is 281 g/mol. The number of alkyl halides is 7. The Kier molecular flexibility index (Phi) is 4.14.